The number of carboxylic acid groups (broad SMARTS) is 1. The molecule has 7 heteroatoms. The quantitative estimate of drug-likeness (QED) is 0.604. The Morgan fingerprint density at radius 3 is 2.50 bits per heavy atom. The summed E-state index contributed by atoms with van der Waals surface area (Å²) >= 11 is 0. The third-order valence-electron chi connectivity index (χ3n) is 1.64. The van der Waals surface area contributed by atoms with E-state index in [1.807, 2.05) is 0 Å². The summed E-state index contributed by atoms with van der Waals surface area (Å²) in [6.45, 7) is 3.29. The second-order valence-corrected chi connectivity index (χ2v) is 3.84. The summed E-state index contributed by atoms with van der Waals surface area (Å²) in [6, 6.07) is 5.20. The molecule has 1 aromatic rings. The fourth-order valence-electron chi connectivity index (χ4n) is 0.981. The molecule has 0 heterocycles. The molecule has 0 atom stereocenters. The zero-order valence-corrected chi connectivity index (χ0v) is 8.77. The van der Waals surface area contributed by atoms with E-state index >= 15 is 0 Å². The summed E-state index contributed by atoms with van der Waals surface area (Å²) in [7, 11) is -4.62. The molecule has 0 aliphatic carbocycles. The Balaban J connectivity index is 3.05. The van der Waals surface area contributed by atoms with Crippen molar-refractivity contribution in [1.29, 1.82) is 0 Å². The highest BCUT2D eigenvalue weighted by atomic mass is 32.3. The molecule has 6 nitrogen and oxygen atoms in total. The van der Waals surface area contributed by atoms with Gasteiger partial charge >= 0.3 is 16.4 Å². The molecular formula is C9H8O6S. The number of aliphatic carboxylic acids is 1. The lowest BCUT2D eigenvalue weighted by Crippen LogP contribution is -2.07. The molecule has 1 aromatic carbocycles. The first kappa shape index (κ1) is 12.2. The van der Waals surface area contributed by atoms with Gasteiger partial charge in [-0.2, -0.15) is 8.42 Å². The zero-order chi connectivity index (χ0) is 12.3. The van der Waals surface area contributed by atoms with Gasteiger partial charge in [0.2, 0.25) is 0 Å². The predicted molar refractivity (Wildman–Crippen MR) is 55.3 cm³/mol. The molecule has 0 saturated carbocycles. The minimum atomic E-state index is -4.62. The van der Waals surface area contributed by atoms with Crippen LogP contribution in [-0.4, -0.2) is 24.0 Å². The number of carboxylic acids is 1. The van der Waals surface area contributed by atoms with Crippen molar-refractivity contribution < 1.29 is 27.1 Å². The van der Waals surface area contributed by atoms with E-state index in [-0.39, 0.29) is 16.9 Å². The highest BCUT2D eigenvalue weighted by molar-refractivity contribution is 7.81. The number of benzene rings is 1. The Bertz CT molecular complexity index is 531. The maximum absolute atomic E-state index is 10.6. The van der Waals surface area contributed by atoms with Crippen LogP contribution in [0.15, 0.2) is 30.8 Å². The molecule has 0 saturated heterocycles. The van der Waals surface area contributed by atoms with Gasteiger partial charge in [-0.05, 0) is 17.7 Å². The molecule has 0 bridgehead atoms. The first-order valence-electron chi connectivity index (χ1n) is 3.99. The third kappa shape index (κ3) is 3.37. The van der Waals surface area contributed by atoms with Gasteiger partial charge < -0.3 is 9.29 Å². The first-order valence-corrected chi connectivity index (χ1v) is 5.35. The van der Waals surface area contributed by atoms with Crippen LogP contribution in [0.25, 0.3) is 5.57 Å². The van der Waals surface area contributed by atoms with Gasteiger partial charge in [-0.3, -0.25) is 4.55 Å². The Morgan fingerprint density at radius 1 is 1.38 bits per heavy atom. The van der Waals surface area contributed by atoms with E-state index in [2.05, 4.69) is 10.8 Å². The van der Waals surface area contributed by atoms with Crippen molar-refractivity contribution in [1.82, 2.24) is 0 Å². The van der Waals surface area contributed by atoms with Crippen molar-refractivity contribution in [3.8, 4) is 5.75 Å². The van der Waals surface area contributed by atoms with Gasteiger partial charge in [0, 0.05) is 0 Å². The third-order valence-corrected chi connectivity index (χ3v) is 2.05. The molecule has 2 N–H and O–H groups in total. The van der Waals surface area contributed by atoms with Crippen LogP contribution in [0.4, 0.5) is 0 Å². The van der Waals surface area contributed by atoms with Crippen LogP contribution in [0.3, 0.4) is 0 Å². The topological polar surface area (TPSA) is 101 Å². The van der Waals surface area contributed by atoms with E-state index in [4.69, 9.17) is 9.66 Å². The molecule has 0 aromatic heterocycles. The largest absolute Gasteiger partial charge is 0.478 e. The van der Waals surface area contributed by atoms with Crippen molar-refractivity contribution in [2.24, 2.45) is 0 Å². The standard InChI is InChI=1S/C9H8O6S/c1-6(9(10)11)7-3-2-4-8(5-7)15-16(12,13)14/h2-5H,1H2,(H,10,11)(H,12,13,14). The lowest BCUT2D eigenvalue weighted by Gasteiger charge is -2.04. The van der Waals surface area contributed by atoms with Crippen LogP contribution in [-0.2, 0) is 15.2 Å². The second kappa shape index (κ2) is 4.33. The molecule has 0 radical (unpaired) electrons. The van der Waals surface area contributed by atoms with Gasteiger partial charge in [0.1, 0.15) is 5.75 Å². The first-order chi connectivity index (χ1) is 7.29. The van der Waals surface area contributed by atoms with E-state index in [0.717, 1.165) is 6.07 Å². The molecule has 0 aliphatic heterocycles. The number of carbonyl (C=O) groups is 1. The van der Waals surface area contributed by atoms with Gasteiger partial charge in [-0.25, -0.2) is 4.79 Å². The molecular weight excluding hydrogens is 236 g/mol. The number of hydrogen-bond donors (Lipinski definition) is 2. The lowest BCUT2D eigenvalue weighted by molar-refractivity contribution is -0.130. The van der Waals surface area contributed by atoms with Crippen molar-refractivity contribution >= 4 is 21.9 Å². The SMILES string of the molecule is C=C(C(=O)O)c1cccc(OS(=O)(=O)O)c1. The molecule has 86 valence electrons. The Kier molecular flexibility index (Phi) is 3.31. The normalized spacial score (nSPS) is 10.8. The number of hydrogen-bond acceptors (Lipinski definition) is 4. The maximum Gasteiger partial charge on any atom is 0.446 e. The summed E-state index contributed by atoms with van der Waals surface area (Å²) in [5, 5.41) is 8.65. The lowest BCUT2D eigenvalue weighted by atomic mass is 10.1. The highest BCUT2D eigenvalue weighted by Crippen LogP contribution is 2.20. The van der Waals surface area contributed by atoms with E-state index in [9.17, 15) is 13.2 Å². The Morgan fingerprint density at radius 2 is 2.00 bits per heavy atom. The van der Waals surface area contributed by atoms with Crippen molar-refractivity contribution in [2.45, 2.75) is 0 Å². The van der Waals surface area contributed by atoms with E-state index in [1.165, 1.54) is 18.2 Å². The van der Waals surface area contributed by atoms with Gasteiger partial charge in [-0.1, -0.05) is 18.7 Å². The minimum Gasteiger partial charge on any atom is -0.478 e. The molecule has 0 unspecified atom stereocenters. The Labute approximate surface area is 91.7 Å². The van der Waals surface area contributed by atoms with Gasteiger partial charge in [0.15, 0.2) is 0 Å². The smallest absolute Gasteiger partial charge is 0.446 e. The average molecular weight is 244 g/mol. The fraction of sp³-hybridized carbons (Fsp3) is 0. The zero-order valence-electron chi connectivity index (χ0n) is 7.95. The average Bonchev–Trinajstić information content (AvgIpc) is 2.14. The van der Waals surface area contributed by atoms with Crippen molar-refractivity contribution in [3.05, 3.63) is 36.4 Å². The van der Waals surface area contributed by atoms with E-state index in [0.29, 0.717) is 0 Å². The van der Waals surface area contributed by atoms with Crippen LogP contribution in [0.2, 0.25) is 0 Å². The predicted octanol–water partition coefficient (Wildman–Crippen LogP) is 0.966. The van der Waals surface area contributed by atoms with Crippen LogP contribution >= 0.6 is 0 Å². The highest BCUT2D eigenvalue weighted by Gasteiger charge is 2.11. The van der Waals surface area contributed by atoms with Gasteiger partial charge in [-0.15, -0.1) is 0 Å². The summed E-state index contributed by atoms with van der Waals surface area (Å²) in [5.41, 5.74) is -0.0190. The molecule has 0 aliphatic rings. The molecule has 16 heavy (non-hydrogen) atoms. The minimum absolute atomic E-state index is 0.189. The van der Waals surface area contributed by atoms with Gasteiger partial charge in [0.05, 0.1) is 5.57 Å². The second-order valence-electron chi connectivity index (χ2n) is 2.82. The molecule has 1 rings (SSSR count). The molecule has 0 amide bonds. The van der Waals surface area contributed by atoms with Gasteiger partial charge in [0.25, 0.3) is 0 Å². The maximum atomic E-state index is 10.6. The van der Waals surface area contributed by atoms with Crippen LogP contribution < -0.4 is 4.18 Å². The summed E-state index contributed by atoms with van der Waals surface area (Å²) in [6.07, 6.45) is 0. The van der Waals surface area contributed by atoms with Crippen molar-refractivity contribution in [2.75, 3.05) is 0 Å². The van der Waals surface area contributed by atoms with E-state index in [1.54, 1.807) is 0 Å². The summed E-state index contributed by atoms with van der Waals surface area (Å²) in [4.78, 5) is 10.6. The summed E-state index contributed by atoms with van der Waals surface area (Å²) < 4.78 is 33.4. The monoisotopic (exact) mass is 244 g/mol. The number of rotatable bonds is 4. The summed E-state index contributed by atoms with van der Waals surface area (Å²) in [5.74, 6) is -1.42. The molecule has 0 fully saturated rings. The fourth-order valence-corrected chi connectivity index (χ4v) is 1.33. The Hall–Kier alpha value is -1.86. The van der Waals surface area contributed by atoms with E-state index < -0.39 is 16.4 Å². The van der Waals surface area contributed by atoms with Crippen LogP contribution in [0, 0.1) is 0 Å². The molecule has 0 spiro atoms. The van der Waals surface area contributed by atoms with Crippen molar-refractivity contribution in [3.63, 3.8) is 0 Å². The van der Waals surface area contributed by atoms with Crippen LogP contribution in [0.1, 0.15) is 5.56 Å². The van der Waals surface area contributed by atoms with Crippen LogP contribution in [0.5, 0.6) is 5.75 Å².